The molecule has 0 unspecified atom stereocenters. The van der Waals surface area contributed by atoms with Crippen molar-refractivity contribution in [1.82, 2.24) is 15.5 Å². The Morgan fingerprint density at radius 1 is 0.667 bits per heavy atom. The van der Waals surface area contributed by atoms with Crippen molar-refractivity contribution in [2.24, 2.45) is 0 Å². The first-order chi connectivity index (χ1) is 29.4. The lowest BCUT2D eigenvalue weighted by Gasteiger charge is -2.33. The number of benzene rings is 6. The SMILES string of the molecule is O=C(CCNCCc1ccc(O)cc1)Nc1cccc(C(=O)NCCN2CCC(OC(=O)N(c3ccccc3-c3ccccc3)c3ccccc3-c3ccccc3)CC2)c1. The van der Waals surface area contributed by atoms with Gasteiger partial charge < -0.3 is 30.7 Å². The van der Waals surface area contributed by atoms with Crippen LogP contribution in [0.5, 0.6) is 5.75 Å². The summed E-state index contributed by atoms with van der Waals surface area (Å²) >= 11 is 0. The number of anilines is 3. The summed E-state index contributed by atoms with van der Waals surface area (Å²) in [7, 11) is 0. The standard InChI is InChI=1S/C50H51N5O5/c56-42-24-22-37(23-25-42)26-30-51-31-27-48(57)53-41-17-11-16-40(36-41)49(58)52-32-35-54-33-28-43(29-34-54)60-50(59)55(46-20-9-7-18-44(46)38-12-3-1-4-13-38)47-21-10-8-19-45(47)39-14-5-2-6-15-39/h1-25,36,43,51,56H,26-35H2,(H,52,58)(H,53,57). The summed E-state index contributed by atoms with van der Waals surface area (Å²) in [5.74, 6) is -0.107. The van der Waals surface area contributed by atoms with Crippen molar-refractivity contribution in [2.45, 2.75) is 31.8 Å². The molecule has 1 saturated heterocycles. The Morgan fingerprint density at radius 2 is 1.27 bits per heavy atom. The van der Waals surface area contributed by atoms with E-state index in [1.54, 1.807) is 41.3 Å². The fourth-order valence-electron chi connectivity index (χ4n) is 7.45. The first-order valence-corrected chi connectivity index (χ1v) is 20.6. The van der Waals surface area contributed by atoms with Crippen LogP contribution in [0, 0.1) is 0 Å². The number of nitrogens with zero attached hydrogens (tertiary/aromatic N) is 2. The van der Waals surface area contributed by atoms with Crippen LogP contribution in [0.4, 0.5) is 21.9 Å². The highest BCUT2D eigenvalue weighted by atomic mass is 16.6. The Balaban J connectivity index is 0.900. The normalized spacial score (nSPS) is 13.0. The molecule has 0 spiro atoms. The third-order valence-corrected chi connectivity index (χ3v) is 10.6. The number of likely N-dealkylation sites (tertiary alicyclic amines) is 1. The third kappa shape index (κ3) is 11.3. The summed E-state index contributed by atoms with van der Waals surface area (Å²) in [5, 5.41) is 18.6. The molecule has 0 atom stereocenters. The molecule has 3 amide bonds. The van der Waals surface area contributed by atoms with E-state index in [9.17, 15) is 19.5 Å². The number of carbonyl (C=O) groups is 3. The van der Waals surface area contributed by atoms with Gasteiger partial charge in [0.1, 0.15) is 11.9 Å². The molecular formula is C50H51N5O5. The van der Waals surface area contributed by atoms with E-state index in [1.807, 2.05) is 121 Å². The van der Waals surface area contributed by atoms with Crippen LogP contribution in [0.1, 0.15) is 35.2 Å². The minimum absolute atomic E-state index is 0.138. The first-order valence-electron chi connectivity index (χ1n) is 20.6. The smallest absolute Gasteiger partial charge is 0.419 e. The van der Waals surface area contributed by atoms with E-state index in [0.29, 0.717) is 56.7 Å². The Kier molecular flexibility index (Phi) is 14.3. The molecule has 4 N–H and O–H groups in total. The third-order valence-electron chi connectivity index (χ3n) is 10.6. The van der Waals surface area contributed by atoms with Gasteiger partial charge in [0.25, 0.3) is 5.91 Å². The second-order valence-electron chi connectivity index (χ2n) is 14.8. The quantitative estimate of drug-likeness (QED) is 0.0721. The lowest BCUT2D eigenvalue weighted by atomic mass is 10.00. The van der Waals surface area contributed by atoms with E-state index >= 15 is 0 Å². The van der Waals surface area contributed by atoms with E-state index in [4.69, 9.17) is 4.74 Å². The number of hydrogen-bond donors (Lipinski definition) is 4. The molecule has 0 aromatic heterocycles. The minimum atomic E-state index is -0.426. The van der Waals surface area contributed by atoms with Crippen molar-refractivity contribution in [3.05, 3.63) is 169 Å². The number of para-hydroxylation sites is 2. The van der Waals surface area contributed by atoms with Crippen molar-refractivity contribution in [3.63, 3.8) is 0 Å². The number of amides is 3. The van der Waals surface area contributed by atoms with Crippen LogP contribution < -0.4 is 20.9 Å². The van der Waals surface area contributed by atoms with Gasteiger partial charge in [-0.2, -0.15) is 0 Å². The molecule has 1 heterocycles. The topological polar surface area (TPSA) is 123 Å². The van der Waals surface area contributed by atoms with E-state index < -0.39 is 6.09 Å². The van der Waals surface area contributed by atoms with Crippen LogP contribution in [0.3, 0.4) is 0 Å². The van der Waals surface area contributed by atoms with Crippen LogP contribution in [0.2, 0.25) is 0 Å². The number of ether oxygens (including phenoxy) is 1. The fraction of sp³-hybridized carbons (Fsp3) is 0.220. The molecule has 10 heteroatoms. The predicted octanol–water partition coefficient (Wildman–Crippen LogP) is 9.06. The molecular weight excluding hydrogens is 751 g/mol. The zero-order chi connectivity index (χ0) is 41.5. The number of hydrogen-bond acceptors (Lipinski definition) is 7. The molecule has 0 bridgehead atoms. The van der Waals surface area contributed by atoms with Gasteiger partial charge in [0.15, 0.2) is 0 Å². The molecule has 0 saturated carbocycles. The summed E-state index contributed by atoms with van der Waals surface area (Å²) < 4.78 is 6.33. The summed E-state index contributed by atoms with van der Waals surface area (Å²) in [6.45, 7) is 3.80. The van der Waals surface area contributed by atoms with Gasteiger partial charge in [-0.25, -0.2) is 9.69 Å². The second-order valence-corrected chi connectivity index (χ2v) is 14.8. The van der Waals surface area contributed by atoms with Crippen LogP contribution in [-0.2, 0) is 16.0 Å². The second kappa shape index (κ2) is 20.8. The highest BCUT2D eigenvalue weighted by molar-refractivity contribution is 6.04. The summed E-state index contributed by atoms with van der Waals surface area (Å²) in [4.78, 5) is 44.1. The number of carbonyl (C=O) groups excluding carboxylic acids is 3. The number of phenols is 1. The van der Waals surface area contributed by atoms with Gasteiger partial charge >= 0.3 is 6.09 Å². The molecule has 6 aromatic carbocycles. The van der Waals surface area contributed by atoms with Gasteiger partial charge in [0.2, 0.25) is 5.91 Å². The average molecular weight is 802 g/mol. The molecule has 6 aromatic rings. The Morgan fingerprint density at radius 3 is 1.90 bits per heavy atom. The van der Waals surface area contributed by atoms with Crippen LogP contribution in [0.25, 0.3) is 22.3 Å². The van der Waals surface area contributed by atoms with Gasteiger partial charge in [0, 0.05) is 61.5 Å². The monoisotopic (exact) mass is 801 g/mol. The van der Waals surface area contributed by atoms with E-state index in [2.05, 4.69) is 20.9 Å². The molecule has 10 nitrogen and oxygen atoms in total. The summed E-state index contributed by atoms with van der Waals surface area (Å²) in [6.07, 6.45) is 1.74. The molecule has 1 fully saturated rings. The maximum Gasteiger partial charge on any atom is 0.419 e. The van der Waals surface area contributed by atoms with Gasteiger partial charge in [-0.1, -0.05) is 115 Å². The highest BCUT2D eigenvalue weighted by Crippen LogP contribution is 2.40. The average Bonchev–Trinajstić information content (AvgIpc) is 3.28. The molecule has 306 valence electrons. The van der Waals surface area contributed by atoms with Gasteiger partial charge in [0.05, 0.1) is 11.4 Å². The first kappa shape index (κ1) is 41.4. The minimum Gasteiger partial charge on any atom is -0.508 e. The fourth-order valence-corrected chi connectivity index (χ4v) is 7.45. The molecule has 0 radical (unpaired) electrons. The van der Waals surface area contributed by atoms with E-state index in [1.165, 1.54) is 0 Å². The number of piperidine rings is 1. The van der Waals surface area contributed by atoms with Gasteiger partial charge in [-0.3, -0.25) is 9.59 Å². The molecule has 60 heavy (non-hydrogen) atoms. The lowest BCUT2D eigenvalue weighted by Crippen LogP contribution is -2.43. The van der Waals surface area contributed by atoms with E-state index in [-0.39, 0.29) is 23.7 Å². The Bertz CT molecular complexity index is 2250. The number of phenolic OH excluding ortho intramolecular Hbond substituents is 1. The lowest BCUT2D eigenvalue weighted by molar-refractivity contribution is -0.116. The van der Waals surface area contributed by atoms with Crippen molar-refractivity contribution in [2.75, 3.05) is 49.5 Å². The number of nitrogens with one attached hydrogen (secondary N) is 3. The van der Waals surface area contributed by atoms with Crippen LogP contribution in [0.15, 0.2) is 158 Å². The van der Waals surface area contributed by atoms with Crippen LogP contribution >= 0.6 is 0 Å². The van der Waals surface area contributed by atoms with Crippen molar-refractivity contribution >= 4 is 35.0 Å². The Labute approximate surface area is 351 Å². The predicted molar refractivity (Wildman–Crippen MR) is 239 cm³/mol. The van der Waals surface area contributed by atoms with Crippen molar-refractivity contribution in [1.29, 1.82) is 0 Å². The van der Waals surface area contributed by atoms with Crippen molar-refractivity contribution < 1.29 is 24.2 Å². The van der Waals surface area contributed by atoms with E-state index in [0.717, 1.165) is 58.7 Å². The maximum absolute atomic E-state index is 14.5. The molecule has 0 aliphatic carbocycles. The highest BCUT2D eigenvalue weighted by Gasteiger charge is 2.29. The zero-order valence-corrected chi connectivity index (χ0v) is 33.6. The Hall–Kier alpha value is -6.75. The summed E-state index contributed by atoms with van der Waals surface area (Å²) in [6, 6.07) is 50.1. The molecule has 7 rings (SSSR count). The number of aromatic hydroxyl groups is 1. The summed E-state index contributed by atoms with van der Waals surface area (Å²) in [5.41, 5.74) is 7.48. The van der Waals surface area contributed by atoms with Gasteiger partial charge in [-0.15, -0.1) is 0 Å². The molecule has 1 aliphatic rings. The van der Waals surface area contributed by atoms with Gasteiger partial charge in [-0.05, 0) is 85.0 Å². The maximum atomic E-state index is 14.5. The molecule has 1 aliphatic heterocycles. The number of rotatable bonds is 16. The largest absolute Gasteiger partial charge is 0.508 e. The van der Waals surface area contributed by atoms with Crippen molar-refractivity contribution in [3.8, 4) is 28.0 Å². The van der Waals surface area contributed by atoms with Crippen LogP contribution in [-0.4, -0.2) is 73.3 Å². The zero-order valence-electron chi connectivity index (χ0n) is 33.6.